The minimum absolute atomic E-state index is 0.0856. The molecule has 0 bridgehead atoms. The molecule has 1 N–H and O–H groups in total. The molecule has 0 unspecified atom stereocenters. The molecule has 0 radical (unpaired) electrons. The number of aliphatic hydroxyl groups excluding tert-OH is 1. The molecule has 0 saturated heterocycles. The van der Waals surface area contributed by atoms with Crippen LogP contribution in [0.4, 0.5) is 0 Å². The van der Waals surface area contributed by atoms with Crippen molar-refractivity contribution in [3.63, 3.8) is 0 Å². The molecule has 0 aromatic heterocycles. The van der Waals surface area contributed by atoms with Gasteiger partial charge in [-0.15, -0.1) is 0 Å². The number of hydrogen-bond acceptors (Lipinski definition) is 1. The van der Waals surface area contributed by atoms with Crippen LogP contribution in [-0.4, -0.2) is 11.2 Å². The van der Waals surface area contributed by atoms with Crippen molar-refractivity contribution in [1.29, 1.82) is 0 Å². The van der Waals surface area contributed by atoms with Crippen molar-refractivity contribution in [1.82, 2.24) is 0 Å². The molecule has 30 heavy (non-hydrogen) atoms. The van der Waals surface area contributed by atoms with E-state index in [1.165, 1.54) is 63.4 Å². The lowest BCUT2D eigenvalue weighted by Gasteiger charge is -2.58. The zero-order chi connectivity index (χ0) is 21.7. The van der Waals surface area contributed by atoms with E-state index in [0.717, 1.165) is 48.3 Å². The Kier molecular flexibility index (Phi) is 6.35. The van der Waals surface area contributed by atoms with Crippen molar-refractivity contribution in [2.24, 2.45) is 46.3 Å². The van der Waals surface area contributed by atoms with Crippen LogP contribution in [0.3, 0.4) is 0 Å². The van der Waals surface area contributed by atoms with Crippen LogP contribution in [0.25, 0.3) is 0 Å². The van der Waals surface area contributed by atoms with Gasteiger partial charge in [-0.1, -0.05) is 51.5 Å². The Balaban J connectivity index is 1.48. The molecule has 0 spiro atoms. The minimum Gasteiger partial charge on any atom is -0.393 e. The summed E-state index contributed by atoms with van der Waals surface area (Å²) in [5, 5.41) is 10.2. The van der Waals surface area contributed by atoms with E-state index in [4.69, 9.17) is 0 Å². The lowest BCUT2D eigenvalue weighted by Crippen LogP contribution is -2.50. The monoisotopic (exact) mass is 412 g/mol. The molecule has 170 valence electrons. The quantitative estimate of drug-likeness (QED) is 0.439. The summed E-state index contributed by atoms with van der Waals surface area (Å²) in [5.74, 6) is 5.16. The topological polar surface area (TPSA) is 20.2 Å². The van der Waals surface area contributed by atoms with Gasteiger partial charge in [0.25, 0.3) is 0 Å². The molecule has 9 atom stereocenters. The summed E-state index contributed by atoms with van der Waals surface area (Å²) in [4.78, 5) is 0. The minimum atomic E-state index is -0.0856. The molecule has 0 heterocycles. The summed E-state index contributed by atoms with van der Waals surface area (Å²) in [6, 6.07) is 0. The molecule has 0 aromatic rings. The molecule has 1 heteroatoms. The third kappa shape index (κ3) is 3.66. The van der Waals surface area contributed by atoms with Gasteiger partial charge < -0.3 is 5.11 Å². The first kappa shape index (κ1) is 22.6. The van der Waals surface area contributed by atoms with Crippen molar-refractivity contribution >= 4 is 0 Å². The van der Waals surface area contributed by atoms with Gasteiger partial charge in [0.1, 0.15) is 0 Å². The second-order valence-electron chi connectivity index (χ2n) is 12.4. The zero-order valence-electron chi connectivity index (χ0n) is 20.6. The Labute approximate surface area is 186 Å². The Bertz CT molecular complexity index is 676. The van der Waals surface area contributed by atoms with Crippen LogP contribution < -0.4 is 0 Å². The summed E-state index contributed by atoms with van der Waals surface area (Å²) >= 11 is 0. The van der Waals surface area contributed by atoms with Gasteiger partial charge in [0, 0.05) is 0 Å². The highest BCUT2D eigenvalue weighted by atomic mass is 16.3. The van der Waals surface area contributed by atoms with Crippen LogP contribution in [0.15, 0.2) is 23.8 Å². The van der Waals surface area contributed by atoms with Gasteiger partial charge in [-0.2, -0.15) is 0 Å². The van der Waals surface area contributed by atoms with Crippen molar-refractivity contribution in [2.45, 2.75) is 111 Å². The first-order chi connectivity index (χ1) is 14.2. The van der Waals surface area contributed by atoms with Gasteiger partial charge in [0.05, 0.1) is 6.10 Å². The molecule has 4 aliphatic rings. The van der Waals surface area contributed by atoms with Crippen LogP contribution in [0.1, 0.15) is 105 Å². The van der Waals surface area contributed by atoms with E-state index in [9.17, 15) is 5.11 Å². The van der Waals surface area contributed by atoms with E-state index in [-0.39, 0.29) is 6.10 Å². The van der Waals surface area contributed by atoms with Gasteiger partial charge in [-0.05, 0) is 124 Å². The SMILES string of the molecule is C=C(C)[C@@H](CC)CC[C@@H](C)[C@@H]1CC[C@H]2[C@@H]3CC=C4C[C@@H](O)CC[C@]4(C)[C@@H]3CC[C@]21C. The largest absolute Gasteiger partial charge is 0.393 e. The molecule has 0 aromatic carbocycles. The van der Waals surface area contributed by atoms with E-state index < -0.39 is 0 Å². The first-order valence-corrected chi connectivity index (χ1v) is 13.2. The fraction of sp³-hybridized carbons (Fsp3) is 0.862. The standard InChI is InChI=1S/C29H48O/c1-7-21(19(2)3)9-8-20(4)25-12-13-26-24-11-10-22-18-23(30)14-16-28(22,5)27(24)15-17-29(25,26)6/h10,20-21,23-27,30H,2,7-9,11-18H2,1,3-6H3/t20-,21+,23+,24+,25+,26+,27-,28+,29+/m1/s1. The summed E-state index contributed by atoms with van der Waals surface area (Å²) in [5.41, 5.74) is 3.93. The normalized spacial score (nSPS) is 45.0. The number of fused-ring (bicyclic) bond motifs is 5. The first-order valence-electron chi connectivity index (χ1n) is 13.2. The van der Waals surface area contributed by atoms with Crippen LogP contribution in [0.5, 0.6) is 0 Å². The number of allylic oxidation sites excluding steroid dienone is 2. The predicted molar refractivity (Wildman–Crippen MR) is 128 cm³/mol. The second-order valence-corrected chi connectivity index (χ2v) is 12.4. The van der Waals surface area contributed by atoms with Gasteiger partial charge in [-0.3, -0.25) is 0 Å². The maximum absolute atomic E-state index is 10.2. The third-order valence-corrected chi connectivity index (χ3v) is 11.0. The van der Waals surface area contributed by atoms with Gasteiger partial charge in [-0.25, -0.2) is 0 Å². The lowest BCUT2D eigenvalue weighted by molar-refractivity contribution is -0.0574. The number of rotatable bonds is 6. The Hall–Kier alpha value is -0.560. The molecule has 4 rings (SSSR count). The Morgan fingerprint density at radius 2 is 1.90 bits per heavy atom. The Morgan fingerprint density at radius 1 is 1.13 bits per heavy atom. The van der Waals surface area contributed by atoms with E-state index >= 15 is 0 Å². The predicted octanol–water partition coefficient (Wildman–Crippen LogP) is 7.94. The van der Waals surface area contributed by atoms with E-state index in [2.05, 4.69) is 47.3 Å². The van der Waals surface area contributed by atoms with Gasteiger partial charge in [0.15, 0.2) is 0 Å². The van der Waals surface area contributed by atoms with Gasteiger partial charge >= 0.3 is 0 Å². The van der Waals surface area contributed by atoms with E-state index in [1.807, 2.05) is 0 Å². The van der Waals surface area contributed by atoms with Crippen LogP contribution >= 0.6 is 0 Å². The molecule has 0 aliphatic heterocycles. The third-order valence-electron chi connectivity index (χ3n) is 11.0. The van der Waals surface area contributed by atoms with Crippen molar-refractivity contribution < 1.29 is 5.11 Å². The maximum Gasteiger partial charge on any atom is 0.0577 e. The Morgan fingerprint density at radius 3 is 2.60 bits per heavy atom. The average molecular weight is 413 g/mol. The summed E-state index contributed by atoms with van der Waals surface area (Å²) in [6.07, 6.45) is 16.7. The average Bonchev–Trinajstić information content (AvgIpc) is 3.06. The van der Waals surface area contributed by atoms with Gasteiger partial charge in [0.2, 0.25) is 0 Å². The fourth-order valence-electron chi connectivity index (χ4n) is 9.08. The highest BCUT2D eigenvalue weighted by molar-refractivity contribution is 5.25. The van der Waals surface area contributed by atoms with Crippen molar-refractivity contribution in [3.8, 4) is 0 Å². The highest BCUT2D eigenvalue weighted by Gasteiger charge is 2.59. The van der Waals surface area contributed by atoms with E-state index in [0.29, 0.717) is 10.8 Å². The van der Waals surface area contributed by atoms with Crippen molar-refractivity contribution in [2.75, 3.05) is 0 Å². The second kappa shape index (κ2) is 8.42. The summed E-state index contributed by atoms with van der Waals surface area (Å²) in [7, 11) is 0. The van der Waals surface area contributed by atoms with Crippen LogP contribution in [0.2, 0.25) is 0 Å². The molecule has 4 aliphatic carbocycles. The molecule has 3 saturated carbocycles. The molecule has 1 nitrogen and oxygen atoms in total. The highest BCUT2D eigenvalue weighted by Crippen LogP contribution is 2.67. The zero-order valence-corrected chi connectivity index (χ0v) is 20.6. The van der Waals surface area contributed by atoms with E-state index in [1.54, 1.807) is 5.57 Å². The molecule has 3 fully saturated rings. The molecular weight excluding hydrogens is 364 g/mol. The summed E-state index contributed by atoms with van der Waals surface area (Å²) in [6.45, 7) is 16.6. The molecular formula is C29H48O. The maximum atomic E-state index is 10.2. The van der Waals surface area contributed by atoms with Crippen LogP contribution in [-0.2, 0) is 0 Å². The van der Waals surface area contributed by atoms with Crippen LogP contribution in [0, 0.1) is 46.3 Å². The smallest absolute Gasteiger partial charge is 0.0577 e. The lowest BCUT2D eigenvalue weighted by atomic mass is 9.47. The van der Waals surface area contributed by atoms with Crippen molar-refractivity contribution in [3.05, 3.63) is 23.8 Å². The summed E-state index contributed by atoms with van der Waals surface area (Å²) < 4.78 is 0. The molecule has 0 amide bonds. The fourth-order valence-corrected chi connectivity index (χ4v) is 9.08. The number of hydrogen-bond donors (Lipinski definition) is 1. The number of aliphatic hydroxyl groups is 1.